The van der Waals surface area contributed by atoms with Crippen LogP contribution in [0.3, 0.4) is 0 Å². The van der Waals surface area contributed by atoms with Crippen LogP contribution in [0.4, 0.5) is 5.82 Å². The number of β-amino-alcohol motifs (C(OH)–C–C–N with tert-alkyl or cyclic N) is 1. The molecular weight excluding hydrogens is 246 g/mol. The second-order valence-electron chi connectivity index (χ2n) is 5.41. The number of aromatic nitrogens is 2. The first-order valence-corrected chi connectivity index (χ1v) is 6.34. The zero-order chi connectivity index (χ0) is 14.2. The van der Waals surface area contributed by atoms with E-state index in [9.17, 15) is 5.11 Å². The molecule has 0 aliphatic carbocycles. The number of aliphatic hydroxyl groups is 1. The van der Waals surface area contributed by atoms with E-state index in [1.165, 1.54) is 0 Å². The van der Waals surface area contributed by atoms with Crippen LogP contribution >= 0.6 is 0 Å². The minimum atomic E-state index is -0.723. The van der Waals surface area contributed by atoms with Gasteiger partial charge in [-0.15, -0.1) is 0 Å². The van der Waals surface area contributed by atoms with Crippen molar-refractivity contribution in [3.63, 3.8) is 0 Å². The number of hydrogen-bond donors (Lipinski definition) is 3. The molecule has 1 fully saturated rings. The van der Waals surface area contributed by atoms with Gasteiger partial charge in [0.15, 0.2) is 5.84 Å². The zero-order valence-corrected chi connectivity index (χ0v) is 11.6. The van der Waals surface area contributed by atoms with Gasteiger partial charge in [-0.05, 0) is 26.7 Å². The van der Waals surface area contributed by atoms with Gasteiger partial charge >= 0.3 is 0 Å². The van der Waals surface area contributed by atoms with Crippen LogP contribution in [0.1, 0.15) is 31.0 Å². The summed E-state index contributed by atoms with van der Waals surface area (Å²) in [4.78, 5) is 2.04. The number of hydrogen-bond acceptors (Lipinski definition) is 5. The Morgan fingerprint density at radius 2 is 2.21 bits per heavy atom. The molecule has 1 aliphatic rings. The van der Waals surface area contributed by atoms with Gasteiger partial charge in [0.1, 0.15) is 5.82 Å². The molecule has 1 aromatic heterocycles. The summed E-state index contributed by atoms with van der Waals surface area (Å²) in [6, 6.07) is 0. The van der Waals surface area contributed by atoms with Crippen LogP contribution < -0.4 is 10.6 Å². The van der Waals surface area contributed by atoms with Gasteiger partial charge in [-0.25, -0.2) is 0 Å². The molecule has 2 heterocycles. The fourth-order valence-corrected chi connectivity index (χ4v) is 2.76. The van der Waals surface area contributed by atoms with Crippen molar-refractivity contribution in [2.75, 3.05) is 18.0 Å². The van der Waals surface area contributed by atoms with Gasteiger partial charge in [0.25, 0.3) is 0 Å². The SMILES string of the molecule is Cc1nn(C)c(N2CCCC(C)(O)C2)c1C(N)=NO. The second-order valence-corrected chi connectivity index (χ2v) is 5.41. The number of piperidine rings is 1. The Morgan fingerprint density at radius 3 is 2.79 bits per heavy atom. The van der Waals surface area contributed by atoms with Crippen LogP contribution in [0, 0.1) is 6.92 Å². The molecule has 0 amide bonds. The standard InChI is InChI=1S/C12H21N5O2/c1-8-9(10(13)15-19)11(16(3)14-8)17-6-4-5-12(2,18)7-17/h18-19H,4-7H2,1-3H3,(H2,13,15). The van der Waals surface area contributed by atoms with E-state index in [-0.39, 0.29) is 5.84 Å². The first-order chi connectivity index (χ1) is 8.85. The molecule has 0 bridgehead atoms. The minimum Gasteiger partial charge on any atom is -0.409 e. The topological polar surface area (TPSA) is 99.9 Å². The van der Waals surface area contributed by atoms with Crippen LogP contribution in [-0.4, -0.2) is 44.6 Å². The highest BCUT2D eigenvalue weighted by Gasteiger charge is 2.32. The lowest BCUT2D eigenvalue weighted by molar-refractivity contribution is 0.0445. The van der Waals surface area contributed by atoms with E-state index in [0.29, 0.717) is 17.8 Å². The summed E-state index contributed by atoms with van der Waals surface area (Å²) in [5.41, 5.74) is 6.35. The van der Waals surface area contributed by atoms with Crippen LogP contribution in [0.25, 0.3) is 0 Å². The highest BCUT2D eigenvalue weighted by Crippen LogP contribution is 2.29. The average molecular weight is 267 g/mol. The smallest absolute Gasteiger partial charge is 0.175 e. The zero-order valence-electron chi connectivity index (χ0n) is 11.6. The first-order valence-electron chi connectivity index (χ1n) is 6.34. The van der Waals surface area contributed by atoms with Crippen LogP contribution in [-0.2, 0) is 7.05 Å². The van der Waals surface area contributed by atoms with E-state index >= 15 is 0 Å². The Balaban J connectivity index is 2.44. The molecule has 0 spiro atoms. The molecule has 7 nitrogen and oxygen atoms in total. The Morgan fingerprint density at radius 1 is 1.53 bits per heavy atom. The predicted octanol–water partition coefficient (Wildman–Crippen LogP) is 0.174. The molecule has 1 saturated heterocycles. The van der Waals surface area contributed by atoms with Gasteiger partial charge in [0.05, 0.1) is 16.9 Å². The molecule has 7 heteroatoms. The molecule has 106 valence electrons. The van der Waals surface area contributed by atoms with Gasteiger partial charge in [-0.1, -0.05) is 5.16 Å². The highest BCUT2D eigenvalue weighted by atomic mass is 16.4. The summed E-state index contributed by atoms with van der Waals surface area (Å²) in [5.74, 6) is 0.832. The Bertz CT molecular complexity index is 506. The van der Waals surface area contributed by atoms with E-state index < -0.39 is 5.60 Å². The lowest BCUT2D eigenvalue weighted by Crippen LogP contribution is -2.47. The lowest BCUT2D eigenvalue weighted by atomic mass is 9.95. The summed E-state index contributed by atoms with van der Waals surface area (Å²) in [6.45, 7) is 4.98. The molecule has 0 saturated carbocycles. The Labute approximate surface area is 112 Å². The van der Waals surface area contributed by atoms with Crippen molar-refractivity contribution in [3.8, 4) is 0 Å². The molecule has 1 unspecified atom stereocenters. The molecular formula is C12H21N5O2. The van der Waals surface area contributed by atoms with Crippen molar-refractivity contribution >= 4 is 11.7 Å². The van der Waals surface area contributed by atoms with E-state index in [1.807, 2.05) is 25.8 Å². The molecule has 1 atom stereocenters. The van der Waals surface area contributed by atoms with Crippen LogP contribution in [0.5, 0.6) is 0 Å². The highest BCUT2D eigenvalue weighted by molar-refractivity contribution is 6.02. The number of anilines is 1. The van der Waals surface area contributed by atoms with E-state index in [4.69, 9.17) is 10.9 Å². The fourth-order valence-electron chi connectivity index (χ4n) is 2.76. The first kappa shape index (κ1) is 13.7. The van der Waals surface area contributed by atoms with Gasteiger partial charge in [0.2, 0.25) is 0 Å². The molecule has 19 heavy (non-hydrogen) atoms. The van der Waals surface area contributed by atoms with Gasteiger partial charge in [0, 0.05) is 20.1 Å². The third-order valence-corrected chi connectivity index (χ3v) is 3.53. The van der Waals surface area contributed by atoms with Crippen LogP contribution in [0.15, 0.2) is 5.16 Å². The van der Waals surface area contributed by atoms with E-state index in [2.05, 4.69) is 10.3 Å². The fraction of sp³-hybridized carbons (Fsp3) is 0.667. The Hall–Kier alpha value is -1.76. The summed E-state index contributed by atoms with van der Waals surface area (Å²) in [6.07, 6.45) is 1.67. The van der Waals surface area contributed by atoms with Crippen LogP contribution in [0.2, 0.25) is 0 Å². The minimum absolute atomic E-state index is 0.0471. The normalized spacial score (nSPS) is 24.8. The molecule has 0 radical (unpaired) electrons. The number of nitrogens with two attached hydrogens (primary N) is 1. The molecule has 2 rings (SSSR count). The summed E-state index contributed by atoms with van der Waals surface area (Å²) in [5, 5.41) is 26.5. The summed E-state index contributed by atoms with van der Waals surface area (Å²) < 4.78 is 1.71. The average Bonchev–Trinajstić information content (AvgIpc) is 2.62. The van der Waals surface area contributed by atoms with Crippen molar-refractivity contribution in [2.45, 2.75) is 32.3 Å². The number of aryl methyl sites for hydroxylation is 2. The van der Waals surface area contributed by atoms with Gasteiger partial charge in [-0.2, -0.15) is 5.10 Å². The van der Waals surface area contributed by atoms with E-state index in [1.54, 1.807) is 4.68 Å². The maximum Gasteiger partial charge on any atom is 0.175 e. The Kier molecular flexibility index (Phi) is 3.40. The maximum atomic E-state index is 10.2. The molecule has 1 aromatic rings. The van der Waals surface area contributed by atoms with Crippen molar-refractivity contribution in [3.05, 3.63) is 11.3 Å². The molecule has 0 aromatic carbocycles. The number of rotatable bonds is 2. The van der Waals surface area contributed by atoms with E-state index in [0.717, 1.165) is 25.2 Å². The lowest BCUT2D eigenvalue weighted by Gasteiger charge is -2.38. The number of nitrogens with zero attached hydrogens (tertiary/aromatic N) is 4. The third-order valence-electron chi connectivity index (χ3n) is 3.53. The largest absolute Gasteiger partial charge is 0.409 e. The maximum absolute atomic E-state index is 10.2. The van der Waals surface area contributed by atoms with Crippen molar-refractivity contribution in [1.29, 1.82) is 0 Å². The summed E-state index contributed by atoms with van der Waals surface area (Å²) >= 11 is 0. The second kappa shape index (κ2) is 4.73. The van der Waals surface area contributed by atoms with Gasteiger partial charge in [-0.3, -0.25) is 4.68 Å². The third kappa shape index (κ3) is 2.51. The summed E-state index contributed by atoms with van der Waals surface area (Å²) in [7, 11) is 1.82. The number of amidine groups is 1. The van der Waals surface area contributed by atoms with Crippen molar-refractivity contribution < 1.29 is 10.3 Å². The quantitative estimate of drug-likeness (QED) is 0.307. The van der Waals surface area contributed by atoms with Gasteiger partial charge < -0.3 is 20.9 Å². The monoisotopic (exact) mass is 267 g/mol. The van der Waals surface area contributed by atoms with Crippen molar-refractivity contribution in [2.24, 2.45) is 17.9 Å². The van der Waals surface area contributed by atoms with Crippen molar-refractivity contribution in [1.82, 2.24) is 9.78 Å². The molecule has 1 aliphatic heterocycles. The predicted molar refractivity (Wildman–Crippen MR) is 72.5 cm³/mol. The number of oxime groups is 1. The molecule has 4 N–H and O–H groups in total.